The summed E-state index contributed by atoms with van der Waals surface area (Å²) in [5, 5.41) is 0. The first-order valence-corrected chi connectivity index (χ1v) is 10.5. The summed E-state index contributed by atoms with van der Waals surface area (Å²) in [5.41, 5.74) is 5.51. The number of amides is 2. The minimum atomic E-state index is -0.453. The van der Waals surface area contributed by atoms with Crippen molar-refractivity contribution in [1.82, 2.24) is 9.80 Å². The lowest BCUT2D eigenvalue weighted by molar-refractivity contribution is -0.151. The maximum absolute atomic E-state index is 13.0. The lowest BCUT2D eigenvalue weighted by Crippen LogP contribution is -2.57. The molecule has 2 aliphatic heterocycles. The number of hydrogen-bond donors (Lipinski definition) is 1. The molecule has 3 rings (SSSR count). The number of nitrogens with two attached hydrogens (primary N) is 1. The van der Waals surface area contributed by atoms with Gasteiger partial charge in [-0.2, -0.15) is 0 Å². The third-order valence-corrected chi connectivity index (χ3v) is 6.71. The van der Waals surface area contributed by atoms with Gasteiger partial charge in [-0.25, -0.2) is 0 Å². The third-order valence-electron chi connectivity index (χ3n) is 6.71. The lowest BCUT2D eigenvalue weighted by atomic mass is 9.78. The molecule has 0 radical (unpaired) electrons. The van der Waals surface area contributed by atoms with Gasteiger partial charge < -0.3 is 20.3 Å². The number of nitrogens with zero attached hydrogens (tertiary/aromatic N) is 2. The molecule has 0 aromatic carbocycles. The summed E-state index contributed by atoms with van der Waals surface area (Å²) in [6, 6.07) is 0. The van der Waals surface area contributed by atoms with E-state index in [4.69, 9.17) is 10.5 Å². The van der Waals surface area contributed by atoms with Crippen molar-refractivity contribution in [2.45, 2.75) is 57.8 Å². The highest BCUT2D eigenvalue weighted by Crippen LogP contribution is 2.32. The molecule has 2 amide bonds. The van der Waals surface area contributed by atoms with E-state index in [1.165, 1.54) is 32.1 Å². The Hall–Kier alpha value is -0.850. The Morgan fingerprint density at radius 2 is 1.56 bits per heavy atom. The normalized spacial score (nSPS) is 23.6. The van der Waals surface area contributed by atoms with Gasteiger partial charge in [0.1, 0.15) is 0 Å². The van der Waals surface area contributed by atoms with Crippen LogP contribution in [0.1, 0.15) is 57.8 Å². The van der Waals surface area contributed by atoms with Gasteiger partial charge in [0.25, 0.3) is 0 Å². The predicted molar refractivity (Wildman–Crippen MR) is 108 cm³/mol. The third kappa shape index (κ3) is 5.58. The maximum atomic E-state index is 13.0. The highest BCUT2D eigenvalue weighted by atomic mass is 35.5. The van der Waals surface area contributed by atoms with E-state index in [-0.39, 0.29) is 24.2 Å². The van der Waals surface area contributed by atoms with E-state index in [0.29, 0.717) is 65.2 Å². The molecule has 0 atom stereocenters. The van der Waals surface area contributed by atoms with Gasteiger partial charge in [0, 0.05) is 52.4 Å². The minimum absolute atomic E-state index is 0. The molecular formula is C20H36ClN3O3. The zero-order valence-corrected chi connectivity index (χ0v) is 17.3. The average Bonchev–Trinajstić information content (AvgIpc) is 2.73. The fraction of sp³-hybridized carbons (Fsp3) is 0.900. The Labute approximate surface area is 169 Å². The second-order valence-electron chi connectivity index (χ2n) is 8.31. The van der Waals surface area contributed by atoms with Crippen LogP contribution in [0.15, 0.2) is 0 Å². The molecule has 1 saturated carbocycles. The van der Waals surface area contributed by atoms with Crippen LogP contribution < -0.4 is 5.73 Å². The number of carbonyl (C=O) groups excluding carboxylic acids is 2. The van der Waals surface area contributed by atoms with E-state index >= 15 is 0 Å². The van der Waals surface area contributed by atoms with Crippen LogP contribution in [0.5, 0.6) is 0 Å². The molecule has 156 valence electrons. The monoisotopic (exact) mass is 401 g/mol. The molecular weight excluding hydrogens is 366 g/mol. The van der Waals surface area contributed by atoms with Gasteiger partial charge in [-0.3, -0.25) is 9.59 Å². The first kappa shape index (κ1) is 22.4. The molecule has 2 N–H and O–H groups in total. The molecule has 0 spiro atoms. The van der Waals surface area contributed by atoms with Crippen LogP contribution >= 0.6 is 12.4 Å². The number of ether oxygens (including phenoxy) is 1. The van der Waals surface area contributed by atoms with Gasteiger partial charge in [0.2, 0.25) is 11.8 Å². The molecule has 27 heavy (non-hydrogen) atoms. The number of halogens is 1. The summed E-state index contributed by atoms with van der Waals surface area (Å²) >= 11 is 0. The van der Waals surface area contributed by atoms with Crippen LogP contribution in [-0.4, -0.2) is 67.6 Å². The van der Waals surface area contributed by atoms with Crippen molar-refractivity contribution < 1.29 is 14.3 Å². The highest BCUT2D eigenvalue weighted by Gasteiger charge is 2.42. The Kier molecular flexibility index (Phi) is 8.83. The van der Waals surface area contributed by atoms with E-state index in [0.717, 1.165) is 12.3 Å². The second-order valence-corrected chi connectivity index (χ2v) is 8.31. The van der Waals surface area contributed by atoms with Gasteiger partial charge >= 0.3 is 0 Å². The molecule has 0 aromatic heterocycles. The van der Waals surface area contributed by atoms with Crippen LogP contribution in [0.25, 0.3) is 0 Å². The Morgan fingerprint density at radius 3 is 2.15 bits per heavy atom. The maximum Gasteiger partial charge on any atom is 0.230 e. The number of hydrogen-bond acceptors (Lipinski definition) is 4. The predicted octanol–water partition coefficient (Wildman–Crippen LogP) is 2.19. The van der Waals surface area contributed by atoms with Gasteiger partial charge in [0.05, 0.1) is 5.41 Å². The van der Waals surface area contributed by atoms with E-state index in [1.54, 1.807) is 0 Å². The van der Waals surface area contributed by atoms with Crippen LogP contribution in [0.3, 0.4) is 0 Å². The Morgan fingerprint density at radius 1 is 0.963 bits per heavy atom. The van der Waals surface area contributed by atoms with Crippen molar-refractivity contribution in [2.75, 3.05) is 45.9 Å². The average molecular weight is 402 g/mol. The van der Waals surface area contributed by atoms with E-state index in [9.17, 15) is 9.59 Å². The Balaban J connectivity index is 0.00000261. The fourth-order valence-corrected chi connectivity index (χ4v) is 4.72. The summed E-state index contributed by atoms with van der Waals surface area (Å²) in [6.07, 6.45) is 9.72. The first-order valence-electron chi connectivity index (χ1n) is 10.5. The molecule has 0 unspecified atom stereocenters. The summed E-state index contributed by atoms with van der Waals surface area (Å²) in [5.74, 6) is 1.17. The summed E-state index contributed by atoms with van der Waals surface area (Å²) < 4.78 is 5.41. The molecule has 0 aromatic rings. The van der Waals surface area contributed by atoms with E-state index in [2.05, 4.69) is 0 Å². The van der Waals surface area contributed by atoms with Gasteiger partial charge in [-0.1, -0.05) is 32.1 Å². The summed E-state index contributed by atoms with van der Waals surface area (Å²) in [7, 11) is 0. The van der Waals surface area contributed by atoms with Crippen LogP contribution in [0.4, 0.5) is 0 Å². The van der Waals surface area contributed by atoms with Crippen LogP contribution in [0.2, 0.25) is 0 Å². The molecule has 1 aliphatic carbocycles. The lowest BCUT2D eigenvalue weighted by Gasteiger charge is -2.42. The molecule has 3 aliphatic rings. The molecule has 0 bridgehead atoms. The van der Waals surface area contributed by atoms with Crippen LogP contribution in [-0.2, 0) is 14.3 Å². The molecule has 7 heteroatoms. The number of piperazine rings is 1. The molecule has 2 saturated heterocycles. The second kappa shape index (κ2) is 10.6. The standard InChI is InChI=1S/C20H35N3O3.ClH/c21-16-20(8-14-26-15-9-20)19(25)23-12-10-22(11-13-23)18(24)7-6-17-4-2-1-3-5-17;/h17H,1-16,21H2;1H. The van der Waals surface area contributed by atoms with Crippen molar-refractivity contribution >= 4 is 24.2 Å². The van der Waals surface area contributed by atoms with Gasteiger partial charge in [-0.05, 0) is 25.2 Å². The van der Waals surface area contributed by atoms with E-state index in [1.807, 2.05) is 9.80 Å². The van der Waals surface area contributed by atoms with Gasteiger partial charge in [0.15, 0.2) is 0 Å². The molecule has 3 fully saturated rings. The van der Waals surface area contributed by atoms with Crippen molar-refractivity contribution in [1.29, 1.82) is 0 Å². The highest BCUT2D eigenvalue weighted by molar-refractivity contribution is 5.85. The topological polar surface area (TPSA) is 75.9 Å². The SMILES string of the molecule is Cl.NCC1(C(=O)N2CCN(C(=O)CCC3CCCCC3)CC2)CCOCC1. The van der Waals surface area contributed by atoms with Crippen molar-refractivity contribution in [3.8, 4) is 0 Å². The van der Waals surface area contributed by atoms with Crippen molar-refractivity contribution in [2.24, 2.45) is 17.1 Å². The number of rotatable bonds is 5. The minimum Gasteiger partial charge on any atom is -0.381 e. The largest absolute Gasteiger partial charge is 0.381 e. The smallest absolute Gasteiger partial charge is 0.230 e. The number of carbonyl (C=O) groups is 2. The first-order chi connectivity index (χ1) is 12.6. The van der Waals surface area contributed by atoms with Crippen molar-refractivity contribution in [3.63, 3.8) is 0 Å². The van der Waals surface area contributed by atoms with Crippen LogP contribution in [0, 0.1) is 11.3 Å². The zero-order chi connectivity index (χ0) is 18.4. The summed E-state index contributed by atoms with van der Waals surface area (Å²) in [4.78, 5) is 29.4. The fourth-order valence-electron chi connectivity index (χ4n) is 4.72. The van der Waals surface area contributed by atoms with Crippen molar-refractivity contribution in [3.05, 3.63) is 0 Å². The van der Waals surface area contributed by atoms with Gasteiger partial charge in [-0.15, -0.1) is 12.4 Å². The quantitative estimate of drug-likeness (QED) is 0.766. The molecule has 6 nitrogen and oxygen atoms in total. The Bertz CT molecular complexity index is 483. The van der Waals surface area contributed by atoms with E-state index < -0.39 is 5.41 Å². The zero-order valence-electron chi connectivity index (χ0n) is 16.5. The molecule has 2 heterocycles. The summed E-state index contributed by atoms with van der Waals surface area (Å²) in [6.45, 7) is 4.20.